The van der Waals surface area contributed by atoms with Crippen molar-refractivity contribution in [2.45, 2.75) is 99.2 Å². The molecule has 4 fully saturated rings. The molecule has 5 nitrogen and oxygen atoms in total. The predicted molar refractivity (Wildman–Crippen MR) is 136 cm³/mol. The van der Waals surface area contributed by atoms with E-state index >= 15 is 0 Å². The highest BCUT2D eigenvalue weighted by molar-refractivity contribution is 5.73. The van der Waals surface area contributed by atoms with Crippen molar-refractivity contribution >= 4 is 5.97 Å². The summed E-state index contributed by atoms with van der Waals surface area (Å²) in [5.74, 6) is 0.320. The molecule has 0 aromatic heterocycles. The van der Waals surface area contributed by atoms with Crippen LogP contribution in [0.3, 0.4) is 0 Å². The van der Waals surface area contributed by atoms with Crippen LogP contribution in [0, 0.1) is 56.7 Å². The molecular weight excluding hydrogens is 440 g/mol. The van der Waals surface area contributed by atoms with Gasteiger partial charge in [0, 0.05) is 10.8 Å². The molecule has 1 saturated heterocycles. The van der Waals surface area contributed by atoms with Gasteiger partial charge < -0.3 is 20.1 Å². The first-order valence-corrected chi connectivity index (χ1v) is 14.1. The fourth-order valence-electron chi connectivity index (χ4n) is 10.6. The van der Waals surface area contributed by atoms with Gasteiger partial charge in [0.1, 0.15) is 0 Å². The first-order chi connectivity index (χ1) is 16.2. The van der Waals surface area contributed by atoms with Crippen LogP contribution in [0.15, 0.2) is 11.6 Å². The third kappa shape index (κ3) is 3.01. The maximum absolute atomic E-state index is 13.1. The van der Waals surface area contributed by atoms with Gasteiger partial charge in [-0.3, -0.25) is 4.79 Å². The SMILES string of the molecule is CC(C)[C@@H](C)[C@@]1(C)CC[C@]2(C)[C@H]3CC[C@@H]4[C@@]5(COC[C@]4(C)[C@@H](O)[C@H](O)C5)C3=CC[C@@]2(C)[C@@H]1C(=O)O. The van der Waals surface area contributed by atoms with E-state index in [1.807, 2.05) is 0 Å². The van der Waals surface area contributed by atoms with Crippen molar-refractivity contribution in [3.05, 3.63) is 11.6 Å². The van der Waals surface area contributed by atoms with Crippen LogP contribution in [0.1, 0.15) is 87.0 Å². The number of carbonyl (C=O) groups is 1. The predicted octanol–water partition coefficient (Wildman–Crippen LogP) is 5.30. The van der Waals surface area contributed by atoms with Crippen molar-refractivity contribution < 1.29 is 24.9 Å². The number of ether oxygens (including phenoxy) is 1. The first kappa shape index (κ1) is 25.7. The summed E-state index contributed by atoms with van der Waals surface area (Å²) in [5.41, 5.74) is 0.0277. The summed E-state index contributed by atoms with van der Waals surface area (Å²) >= 11 is 0. The maximum atomic E-state index is 13.1. The molecule has 0 spiro atoms. The number of carboxylic acid groups (broad SMARTS) is 1. The molecule has 35 heavy (non-hydrogen) atoms. The molecule has 5 aliphatic rings. The summed E-state index contributed by atoms with van der Waals surface area (Å²) in [7, 11) is 0. The zero-order valence-electron chi connectivity index (χ0n) is 22.9. The molecule has 2 bridgehead atoms. The minimum absolute atomic E-state index is 0.120. The second-order valence-corrected chi connectivity index (χ2v) is 14.6. The Morgan fingerprint density at radius 2 is 1.71 bits per heavy atom. The van der Waals surface area contributed by atoms with Gasteiger partial charge in [-0.05, 0) is 78.4 Å². The number of hydrogen-bond acceptors (Lipinski definition) is 4. The van der Waals surface area contributed by atoms with Crippen LogP contribution in [0.5, 0.6) is 0 Å². The fourth-order valence-corrected chi connectivity index (χ4v) is 10.6. The van der Waals surface area contributed by atoms with E-state index in [4.69, 9.17) is 4.74 Å². The van der Waals surface area contributed by atoms with E-state index in [1.165, 1.54) is 5.57 Å². The molecule has 5 rings (SSSR count). The van der Waals surface area contributed by atoms with Gasteiger partial charge in [0.15, 0.2) is 0 Å². The molecule has 0 amide bonds. The summed E-state index contributed by atoms with van der Waals surface area (Å²) in [4.78, 5) is 13.1. The standard InChI is InChI=1S/C30H48O5/c1-17(2)18(3)26(4)12-13-28(6)19-8-9-22-27(5)15-35-16-30(22,14-21(31)24(27)32)20(19)10-11-29(28,7)23(26)25(33)34/h10,17-19,21-24,31-32H,8-9,11-16H2,1-7H3,(H,33,34)/t18-,19+,21-,22+,23-,24+,26-,27+,28-,29+,30+/m1/s1. The van der Waals surface area contributed by atoms with Gasteiger partial charge in [-0.15, -0.1) is 0 Å². The molecule has 3 N–H and O–H groups in total. The molecule has 198 valence electrons. The van der Waals surface area contributed by atoms with Crippen LogP contribution in [-0.2, 0) is 9.53 Å². The van der Waals surface area contributed by atoms with E-state index in [1.54, 1.807) is 0 Å². The van der Waals surface area contributed by atoms with Crippen molar-refractivity contribution in [2.75, 3.05) is 13.2 Å². The van der Waals surface area contributed by atoms with Crippen molar-refractivity contribution in [1.82, 2.24) is 0 Å². The molecule has 0 aromatic rings. The average molecular weight is 489 g/mol. The first-order valence-electron chi connectivity index (χ1n) is 14.1. The smallest absolute Gasteiger partial charge is 0.307 e. The molecule has 3 saturated carbocycles. The quantitative estimate of drug-likeness (QED) is 0.470. The second-order valence-electron chi connectivity index (χ2n) is 14.6. The normalized spacial score (nSPS) is 54.2. The minimum Gasteiger partial charge on any atom is -0.481 e. The van der Waals surface area contributed by atoms with Crippen molar-refractivity contribution in [2.24, 2.45) is 56.7 Å². The number of fused-ring (bicyclic) bond motifs is 3. The Hall–Kier alpha value is -0.910. The number of allylic oxidation sites excluding steroid dienone is 1. The third-order valence-corrected chi connectivity index (χ3v) is 13.1. The van der Waals surface area contributed by atoms with Gasteiger partial charge in [0.2, 0.25) is 0 Å². The summed E-state index contributed by atoms with van der Waals surface area (Å²) < 4.78 is 6.21. The van der Waals surface area contributed by atoms with Crippen LogP contribution in [0.2, 0.25) is 0 Å². The van der Waals surface area contributed by atoms with Gasteiger partial charge in [-0.1, -0.05) is 60.1 Å². The average Bonchev–Trinajstić information content (AvgIpc) is 2.77. The lowest BCUT2D eigenvalue weighted by molar-refractivity contribution is -0.253. The van der Waals surface area contributed by atoms with Gasteiger partial charge >= 0.3 is 5.97 Å². The van der Waals surface area contributed by atoms with Crippen molar-refractivity contribution in [1.29, 1.82) is 0 Å². The summed E-state index contributed by atoms with van der Waals surface area (Å²) in [6.45, 7) is 16.8. The maximum Gasteiger partial charge on any atom is 0.307 e. The van der Waals surface area contributed by atoms with E-state index in [9.17, 15) is 20.1 Å². The number of rotatable bonds is 3. The number of aliphatic hydroxyl groups is 2. The molecule has 0 unspecified atom stereocenters. The highest BCUT2D eigenvalue weighted by atomic mass is 16.5. The largest absolute Gasteiger partial charge is 0.481 e. The van der Waals surface area contributed by atoms with E-state index < -0.39 is 29.5 Å². The minimum atomic E-state index is -0.758. The monoisotopic (exact) mass is 488 g/mol. The second kappa shape index (κ2) is 7.80. The topological polar surface area (TPSA) is 87.0 Å². The summed E-state index contributed by atoms with van der Waals surface area (Å²) in [6, 6.07) is 0. The zero-order chi connectivity index (χ0) is 25.8. The van der Waals surface area contributed by atoms with Crippen LogP contribution in [-0.4, -0.2) is 46.7 Å². The molecule has 0 aromatic carbocycles. The lowest BCUT2D eigenvalue weighted by Crippen LogP contribution is -2.69. The van der Waals surface area contributed by atoms with Crippen LogP contribution >= 0.6 is 0 Å². The zero-order valence-corrected chi connectivity index (χ0v) is 22.9. The van der Waals surface area contributed by atoms with Crippen molar-refractivity contribution in [3.63, 3.8) is 0 Å². The molecule has 1 heterocycles. The molecule has 11 atom stereocenters. The fraction of sp³-hybridized carbons (Fsp3) is 0.900. The molecule has 5 heteroatoms. The van der Waals surface area contributed by atoms with Gasteiger partial charge in [-0.2, -0.15) is 0 Å². The third-order valence-electron chi connectivity index (χ3n) is 13.1. The number of hydrogen-bond donors (Lipinski definition) is 3. The number of aliphatic carboxylic acids is 1. The van der Waals surface area contributed by atoms with Crippen LogP contribution in [0.4, 0.5) is 0 Å². The van der Waals surface area contributed by atoms with Gasteiger partial charge in [0.05, 0.1) is 31.3 Å². The summed E-state index contributed by atoms with van der Waals surface area (Å²) in [6.07, 6.45) is 6.21. The van der Waals surface area contributed by atoms with Crippen LogP contribution in [0.25, 0.3) is 0 Å². The van der Waals surface area contributed by atoms with Crippen molar-refractivity contribution in [3.8, 4) is 0 Å². The molecule has 0 radical (unpaired) electrons. The molecule has 4 aliphatic carbocycles. The number of carboxylic acids is 1. The Balaban J connectivity index is 1.62. The van der Waals surface area contributed by atoms with E-state index in [2.05, 4.69) is 54.5 Å². The van der Waals surface area contributed by atoms with Crippen LogP contribution < -0.4 is 0 Å². The van der Waals surface area contributed by atoms with Gasteiger partial charge in [-0.25, -0.2) is 0 Å². The highest BCUT2D eigenvalue weighted by Crippen LogP contribution is 2.74. The Morgan fingerprint density at radius 1 is 1.03 bits per heavy atom. The van der Waals surface area contributed by atoms with E-state index in [-0.39, 0.29) is 21.7 Å². The lowest BCUT2D eigenvalue weighted by atomic mass is 9.34. The van der Waals surface area contributed by atoms with E-state index in [0.717, 1.165) is 32.1 Å². The number of aliphatic hydroxyl groups excluding tert-OH is 2. The summed E-state index contributed by atoms with van der Waals surface area (Å²) in [5, 5.41) is 32.7. The Morgan fingerprint density at radius 3 is 2.34 bits per heavy atom. The molecular formula is C30H48O5. The molecule has 1 aliphatic heterocycles. The van der Waals surface area contributed by atoms with E-state index in [0.29, 0.717) is 43.3 Å². The van der Waals surface area contributed by atoms with Gasteiger partial charge in [0.25, 0.3) is 0 Å². The lowest BCUT2D eigenvalue weighted by Gasteiger charge is -2.71. The Kier molecular flexibility index (Phi) is 5.73. The Bertz CT molecular complexity index is 928. The highest BCUT2D eigenvalue weighted by Gasteiger charge is 2.71. The Labute approximate surface area is 211 Å².